The van der Waals surface area contributed by atoms with E-state index in [1.165, 1.54) is 4.68 Å². The Labute approximate surface area is 79.7 Å². The van der Waals surface area contributed by atoms with Gasteiger partial charge < -0.3 is 10.4 Å². The Hall–Kier alpha value is -1.08. The molecule has 0 saturated heterocycles. The van der Waals surface area contributed by atoms with E-state index in [9.17, 15) is 8.78 Å². The van der Waals surface area contributed by atoms with Crippen molar-refractivity contribution in [3.8, 4) is 0 Å². The number of halogens is 2. The van der Waals surface area contributed by atoms with E-state index in [1.54, 1.807) is 6.20 Å². The van der Waals surface area contributed by atoms with Crippen LogP contribution in [0.5, 0.6) is 0 Å². The van der Waals surface area contributed by atoms with Crippen LogP contribution in [0.25, 0.3) is 0 Å². The number of aliphatic hydroxyl groups is 1. The van der Waals surface area contributed by atoms with Gasteiger partial charge in [-0.25, -0.2) is 13.5 Å². The maximum Gasteiger partial charge on any atom is 0.250 e. The standard InChI is InChI=1S/C7H12F2N4O/c8-7(9)4-10-3-6-5-13(1-2-14)12-11-6/h5,7,10,14H,1-4H2. The zero-order valence-corrected chi connectivity index (χ0v) is 7.53. The van der Waals surface area contributed by atoms with Crippen LogP contribution in [0.2, 0.25) is 0 Å². The molecule has 1 aromatic heterocycles. The Bertz CT molecular complexity index is 266. The van der Waals surface area contributed by atoms with E-state index < -0.39 is 6.43 Å². The lowest BCUT2D eigenvalue weighted by atomic mass is 10.4. The molecular weight excluding hydrogens is 194 g/mol. The highest BCUT2D eigenvalue weighted by Gasteiger charge is 2.03. The Morgan fingerprint density at radius 1 is 1.57 bits per heavy atom. The predicted octanol–water partition coefficient (Wildman–Crippen LogP) is -0.375. The number of alkyl halides is 2. The zero-order chi connectivity index (χ0) is 10.4. The number of aliphatic hydroxyl groups excluding tert-OH is 1. The number of hydrogen-bond donors (Lipinski definition) is 2. The molecule has 80 valence electrons. The SMILES string of the molecule is OCCn1cc(CNCC(F)F)nn1. The maximum absolute atomic E-state index is 11.7. The Balaban J connectivity index is 2.28. The normalized spacial score (nSPS) is 11.1. The average Bonchev–Trinajstić information content (AvgIpc) is 2.53. The summed E-state index contributed by atoms with van der Waals surface area (Å²) in [5, 5.41) is 18.5. The van der Waals surface area contributed by atoms with Gasteiger partial charge in [-0.3, -0.25) is 0 Å². The van der Waals surface area contributed by atoms with Crippen molar-refractivity contribution in [3.05, 3.63) is 11.9 Å². The Morgan fingerprint density at radius 3 is 3.00 bits per heavy atom. The lowest BCUT2D eigenvalue weighted by molar-refractivity contribution is 0.145. The van der Waals surface area contributed by atoms with Gasteiger partial charge in [-0.2, -0.15) is 0 Å². The molecule has 2 N–H and O–H groups in total. The van der Waals surface area contributed by atoms with Gasteiger partial charge in [0.1, 0.15) is 0 Å². The molecule has 0 unspecified atom stereocenters. The highest BCUT2D eigenvalue weighted by atomic mass is 19.3. The zero-order valence-electron chi connectivity index (χ0n) is 7.53. The summed E-state index contributed by atoms with van der Waals surface area (Å²) in [6.45, 7) is 0.248. The van der Waals surface area contributed by atoms with Gasteiger partial charge in [-0.05, 0) is 0 Å². The van der Waals surface area contributed by atoms with Crippen LogP contribution in [-0.2, 0) is 13.1 Å². The fourth-order valence-electron chi connectivity index (χ4n) is 0.941. The van der Waals surface area contributed by atoms with E-state index in [-0.39, 0.29) is 19.7 Å². The molecular formula is C7H12F2N4O. The van der Waals surface area contributed by atoms with Crippen molar-refractivity contribution in [2.24, 2.45) is 0 Å². The lowest BCUT2D eigenvalue weighted by Gasteiger charge is -1.99. The number of hydrogen-bond acceptors (Lipinski definition) is 4. The second-order valence-electron chi connectivity index (χ2n) is 2.72. The van der Waals surface area contributed by atoms with Crippen molar-refractivity contribution in [1.29, 1.82) is 0 Å². The number of aromatic nitrogens is 3. The highest BCUT2D eigenvalue weighted by molar-refractivity contribution is 4.91. The molecule has 0 aromatic carbocycles. The molecule has 1 heterocycles. The smallest absolute Gasteiger partial charge is 0.250 e. The summed E-state index contributed by atoms with van der Waals surface area (Å²) in [5.74, 6) is 0. The third-order valence-electron chi connectivity index (χ3n) is 1.52. The molecule has 0 aliphatic heterocycles. The quantitative estimate of drug-likeness (QED) is 0.666. The molecule has 5 nitrogen and oxygen atoms in total. The monoisotopic (exact) mass is 206 g/mol. The molecule has 0 saturated carbocycles. The topological polar surface area (TPSA) is 63.0 Å². The molecule has 1 aromatic rings. The minimum Gasteiger partial charge on any atom is -0.394 e. The highest BCUT2D eigenvalue weighted by Crippen LogP contribution is 1.94. The minimum absolute atomic E-state index is 0.0206. The second kappa shape index (κ2) is 5.61. The van der Waals surface area contributed by atoms with E-state index in [2.05, 4.69) is 15.6 Å². The molecule has 0 fully saturated rings. The van der Waals surface area contributed by atoms with Crippen LogP contribution in [0.4, 0.5) is 8.78 Å². The first kappa shape index (κ1) is 11.0. The van der Waals surface area contributed by atoms with Crippen LogP contribution in [0.15, 0.2) is 6.20 Å². The Morgan fingerprint density at radius 2 is 2.36 bits per heavy atom. The van der Waals surface area contributed by atoms with E-state index in [0.717, 1.165) is 0 Å². The minimum atomic E-state index is -2.36. The van der Waals surface area contributed by atoms with Crippen LogP contribution < -0.4 is 5.32 Å². The van der Waals surface area contributed by atoms with Crippen LogP contribution in [0, 0.1) is 0 Å². The van der Waals surface area contributed by atoms with Gasteiger partial charge in [0, 0.05) is 12.7 Å². The molecule has 0 aliphatic carbocycles. The van der Waals surface area contributed by atoms with Crippen molar-refractivity contribution in [1.82, 2.24) is 20.3 Å². The molecule has 0 bridgehead atoms. The molecule has 14 heavy (non-hydrogen) atoms. The van der Waals surface area contributed by atoms with E-state index in [4.69, 9.17) is 5.11 Å². The number of rotatable bonds is 6. The van der Waals surface area contributed by atoms with Gasteiger partial charge in [0.25, 0.3) is 6.43 Å². The second-order valence-corrected chi connectivity index (χ2v) is 2.72. The van der Waals surface area contributed by atoms with Crippen molar-refractivity contribution >= 4 is 0 Å². The van der Waals surface area contributed by atoms with Crippen LogP contribution in [-0.4, -0.2) is 39.7 Å². The van der Waals surface area contributed by atoms with Gasteiger partial charge in [0.05, 0.1) is 25.4 Å². The summed E-state index contributed by atoms with van der Waals surface area (Å²) in [4.78, 5) is 0. The van der Waals surface area contributed by atoms with E-state index >= 15 is 0 Å². The van der Waals surface area contributed by atoms with Gasteiger partial charge in [-0.15, -0.1) is 5.10 Å². The molecule has 7 heteroatoms. The first-order valence-corrected chi connectivity index (χ1v) is 4.21. The van der Waals surface area contributed by atoms with Gasteiger partial charge in [0.15, 0.2) is 0 Å². The van der Waals surface area contributed by atoms with Gasteiger partial charge in [0.2, 0.25) is 0 Å². The first-order chi connectivity index (χ1) is 6.72. The molecule has 0 amide bonds. The molecule has 0 atom stereocenters. The van der Waals surface area contributed by atoms with Gasteiger partial charge >= 0.3 is 0 Å². The molecule has 0 aliphatic rings. The molecule has 0 spiro atoms. The fraction of sp³-hybridized carbons (Fsp3) is 0.714. The third-order valence-corrected chi connectivity index (χ3v) is 1.52. The molecule has 0 radical (unpaired) electrons. The summed E-state index contributed by atoms with van der Waals surface area (Å²) < 4.78 is 24.9. The molecule has 1 rings (SSSR count). The summed E-state index contributed by atoms with van der Waals surface area (Å²) in [7, 11) is 0. The van der Waals surface area contributed by atoms with Crippen LogP contribution in [0.3, 0.4) is 0 Å². The Kier molecular flexibility index (Phi) is 4.41. The summed E-state index contributed by atoms with van der Waals surface area (Å²) in [6.07, 6.45) is -0.753. The van der Waals surface area contributed by atoms with E-state index in [0.29, 0.717) is 12.2 Å². The van der Waals surface area contributed by atoms with Crippen molar-refractivity contribution in [3.63, 3.8) is 0 Å². The lowest BCUT2D eigenvalue weighted by Crippen LogP contribution is -2.20. The van der Waals surface area contributed by atoms with Crippen molar-refractivity contribution in [2.75, 3.05) is 13.2 Å². The third kappa shape index (κ3) is 3.75. The summed E-state index contributed by atoms with van der Waals surface area (Å²) >= 11 is 0. The number of nitrogens with zero attached hydrogens (tertiary/aromatic N) is 3. The van der Waals surface area contributed by atoms with E-state index in [1.807, 2.05) is 0 Å². The average molecular weight is 206 g/mol. The van der Waals surface area contributed by atoms with Crippen molar-refractivity contribution < 1.29 is 13.9 Å². The fourth-order valence-corrected chi connectivity index (χ4v) is 0.941. The summed E-state index contributed by atoms with van der Waals surface area (Å²) in [6, 6.07) is 0. The van der Waals surface area contributed by atoms with Crippen LogP contribution >= 0.6 is 0 Å². The first-order valence-electron chi connectivity index (χ1n) is 4.21. The van der Waals surface area contributed by atoms with Crippen molar-refractivity contribution in [2.45, 2.75) is 19.5 Å². The number of nitrogens with one attached hydrogen (secondary N) is 1. The maximum atomic E-state index is 11.7. The summed E-state index contributed by atoms with van der Waals surface area (Å²) in [5.41, 5.74) is 0.583. The van der Waals surface area contributed by atoms with Crippen LogP contribution in [0.1, 0.15) is 5.69 Å². The van der Waals surface area contributed by atoms with Gasteiger partial charge in [-0.1, -0.05) is 5.21 Å². The largest absolute Gasteiger partial charge is 0.394 e. The predicted molar refractivity (Wildman–Crippen MR) is 44.8 cm³/mol.